The maximum Gasteiger partial charge on any atom is 0.419 e. The van der Waals surface area contributed by atoms with Gasteiger partial charge < -0.3 is 19.7 Å². The van der Waals surface area contributed by atoms with Crippen molar-refractivity contribution in [2.45, 2.75) is 97.2 Å². The van der Waals surface area contributed by atoms with Crippen molar-refractivity contribution in [2.24, 2.45) is 10.8 Å². The maximum absolute atomic E-state index is 13.8. The van der Waals surface area contributed by atoms with Gasteiger partial charge in [0.15, 0.2) is 10.8 Å². The number of hydrogen-bond donors (Lipinski definition) is 1. The van der Waals surface area contributed by atoms with Crippen LogP contribution in [0.4, 0.5) is 29.3 Å². The standard InChI is InChI=1S/C32H36F3N5O4S/c1-28(2,3)44-26(42)38-23-29(4,5)24(30(23,6)7)43-20-11-9-18(10-12-20)40-27(45)39(25(41)31(40)13-8-14-31)19-15-21(32(33,34)35)22(16-36)37-17-19/h9-12,15,17,23-24H,8,13-14H2,1-7H3,(H,38,42). The van der Waals surface area contributed by atoms with E-state index >= 15 is 0 Å². The fraction of sp³-hybridized carbons (Fsp3) is 0.531. The number of alkyl halides is 3. The third-order valence-corrected chi connectivity index (χ3v) is 9.35. The molecule has 0 atom stereocenters. The Balaban J connectivity index is 1.37. The molecule has 45 heavy (non-hydrogen) atoms. The average molecular weight is 644 g/mol. The molecule has 240 valence electrons. The zero-order chi connectivity index (χ0) is 33.3. The number of carbonyl (C=O) groups excluding carboxylic acids is 2. The highest BCUT2D eigenvalue weighted by molar-refractivity contribution is 7.81. The molecule has 1 aliphatic heterocycles. The van der Waals surface area contributed by atoms with Gasteiger partial charge in [-0.3, -0.25) is 9.69 Å². The van der Waals surface area contributed by atoms with Gasteiger partial charge in [-0.1, -0.05) is 27.7 Å². The van der Waals surface area contributed by atoms with Crippen LogP contribution in [0.1, 0.15) is 79.0 Å². The molecular formula is C32H36F3N5O4S. The molecular weight excluding hydrogens is 607 g/mol. The largest absolute Gasteiger partial charge is 0.489 e. The molecule has 5 rings (SSSR count). The van der Waals surface area contributed by atoms with Gasteiger partial charge in [-0.05, 0) is 82.6 Å². The number of ether oxygens (including phenoxy) is 2. The van der Waals surface area contributed by atoms with Crippen LogP contribution in [0.3, 0.4) is 0 Å². The molecule has 0 unspecified atom stereocenters. The fourth-order valence-electron chi connectivity index (χ4n) is 7.12. The Morgan fingerprint density at radius 2 is 1.69 bits per heavy atom. The predicted molar refractivity (Wildman–Crippen MR) is 165 cm³/mol. The number of carbonyl (C=O) groups is 2. The number of alkyl carbamates (subject to hydrolysis) is 1. The number of rotatable bonds is 5. The Kier molecular flexibility index (Phi) is 7.63. The minimum atomic E-state index is -4.84. The first-order valence-electron chi connectivity index (χ1n) is 14.7. The second kappa shape index (κ2) is 10.6. The molecule has 1 N–H and O–H groups in total. The van der Waals surface area contributed by atoms with Crippen molar-refractivity contribution in [3.05, 3.63) is 47.8 Å². The van der Waals surface area contributed by atoms with Crippen LogP contribution in [-0.2, 0) is 15.7 Å². The van der Waals surface area contributed by atoms with Crippen molar-refractivity contribution in [1.29, 1.82) is 5.26 Å². The number of hydrogen-bond acceptors (Lipinski definition) is 7. The second-order valence-electron chi connectivity index (χ2n) is 14.1. The third-order valence-electron chi connectivity index (χ3n) is 8.98. The van der Waals surface area contributed by atoms with Gasteiger partial charge in [-0.25, -0.2) is 9.78 Å². The molecule has 9 nitrogen and oxygen atoms in total. The highest BCUT2D eigenvalue weighted by atomic mass is 32.1. The summed E-state index contributed by atoms with van der Waals surface area (Å²) in [7, 11) is 0. The third kappa shape index (κ3) is 5.37. The van der Waals surface area contributed by atoms with Crippen molar-refractivity contribution >= 4 is 40.7 Å². The number of nitrogens with one attached hydrogen (secondary N) is 1. The van der Waals surface area contributed by atoms with Crippen molar-refractivity contribution < 1.29 is 32.2 Å². The molecule has 1 aromatic heterocycles. The lowest BCUT2D eigenvalue weighted by molar-refractivity contribution is -0.166. The van der Waals surface area contributed by atoms with E-state index in [9.17, 15) is 22.8 Å². The summed E-state index contributed by atoms with van der Waals surface area (Å²) in [5.41, 5.74) is -4.06. The highest BCUT2D eigenvalue weighted by Crippen LogP contribution is 2.56. The van der Waals surface area contributed by atoms with E-state index in [1.54, 1.807) is 29.2 Å². The summed E-state index contributed by atoms with van der Waals surface area (Å²) in [5.74, 6) is 0.142. The van der Waals surface area contributed by atoms with E-state index in [0.717, 1.165) is 23.6 Å². The van der Waals surface area contributed by atoms with Gasteiger partial charge in [0, 0.05) is 22.6 Å². The number of anilines is 2. The Bertz CT molecular complexity index is 1570. The van der Waals surface area contributed by atoms with E-state index in [-0.39, 0.29) is 22.9 Å². The summed E-state index contributed by atoms with van der Waals surface area (Å²) in [4.78, 5) is 32.7. The smallest absolute Gasteiger partial charge is 0.419 e. The van der Waals surface area contributed by atoms with Crippen LogP contribution in [0, 0.1) is 22.2 Å². The number of nitrogens with zero attached hydrogens (tertiary/aromatic N) is 4. The summed E-state index contributed by atoms with van der Waals surface area (Å²) in [6.45, 7) is 13.5. The first kappa shape index (κ1) is 32.5. The van der Waals surface area contributed by atoms with Crippen LogP contribution in [0.2, 0.25) is 0 Å². The zero-order valence-electron chi connectivity index (χ0n) is 26.2. The number of nitriles is 1. The van der Waals surface area contributed by atoms with Gasteiger partial charge in [0.05, 0.1) is 17.4 Å². The van der Waals surface area contributed by atoms with Gasteiger partial charge >= 0.3 is 12.3 Å². The molecule has 0 radical (unpaired) electrons. The summed E-state index contributed by atoms with van der Waals surface area (Å²) in [6.07, 6.45) is -2.80. The number of aromatic nitrogens is 1. The fourth-order valence-corrected chi connectivity index (χ4v) is 7.59. The van der Waals surface area contributed by atoms with E-state index in [2.05, 4.69) is 10.3 Å². The molecule has 2 aromatic rings. The molecule has 3 fully saturated rings. The van der Waals surface area contributed by atoms with Gasteiger partial charge in [-0.2, -0.15) is 18.4 Å². The summed E-state index contributed by atoms with van der Waals surface area (Å²) in [5, 5.41) is 12.2. The Labute approximate surface area is 265 Å². The number of benzene rings is 1. The average Bonchev–Trinajstić information content (AvgIpc) is 3.15. The SMILES string of the molecule is CC(C)(C)OC(=O)NC1C(C)(C)C(Oc2ccc(N3C(=S)N(c4cnc(C#N)c(C(F)(F)F)c4)C(=O)C34CCC4)cc2)C1(C)C. The molecule has 2 saturated carbocycles. The molecule has 2 heterocycles. The van der Waals surface area contributed by atoms with Crippen LogP contribution in [0.25, 0.3) is 0 Å². The van der Waals surface area contributed by atoms with E-state index in [0.29, 0.717) is 24.3 Å². The zero-order valence-corrected chi connectivity index (χ0v) is 27.0. The lowest BCUT2D eigenvalue weighted by Gasteiger charge is -2.62. The van der Waals surface area contributed by atoms with Crippen LogP contribution >= 0.6 is 12.2 Å². The lowest BCUT2D eigenvalue weighted by Crippen LogP contribution is -2.74. The Hall–Kier alpha value is -3.92. The molecule has 2 amide bonds. The van der Waals surface area contributed by atoms with E-state index in [4.69, 9.17) is 27.0 Å². The maximum atomic E-state index is 13.8. The number of halogens is 3. The summed E-state index contributed by atoms with van der Waals surface area (Å²) >= 11 is 5.70. The number of thiocarbonyl (C=S) groups is 1. The number of amides is 2. The number of pyridine rings is 1. The second-order valence-corrected chi connectivity index (χ2v) is 14.4. The molecule has 13 heteroatoms. The van der Waals surface area contributed by atoms with Crippen molar-refractivity contribution in [3.63, 3.8) is 0 Å². The minimum absolute atomic E-state index is 0.0327. The lowest BCUT2D eigenvalue weighted by atomic mass is 9.49. The molecule has 0 bridgehead atoms. The molecule has 1 aromatic carbocycles. The van der Waals surface area contributed by atoms with Crippen LogP contribution in [0.15, 0.2) is 36.5 Å². The van der Waals surface area contributed by atoms with Crippen molar-refractivity contribution in [1.82, 2.24) is 10.3 Å². The molecule has 2 aliphatic carbocycles. The van der Waals surface area contributed by atoms with E-state index in [1.165, 1.54) is 6.07 Å². The van der Waals surface area contributed by atoms with Crippen molar-refractivity contribution in [3.8, 4) is 11.8 Å². The van der Waals surface area contributed by atoms with Crippen LogP contribution in [0.5, 0.6) is 5.75 Å². The van der Waals surface area contributed by atoms with E-state index < -0.39 is 51.4 Å². The van der Waals surface area contributed by atoms with Crippen LogP contribution in [-0.4, -0.2) is 45.4 Å². The minimum Gasteiger partial charge on any atom is -0.489 e. The van der Waals surface area contributed by atoms with Gasteiger partial charge in [0.1, 0.15) is 29.1 Å². The monoisotopic (exact) mass is 643 g/mol. The predicted octanol–water partition coefficient (Wildman–Crippen LogP) is 6.74. The molecule has 3 aliphatic rings. The van der Waals surface area contributed by atoms with Crippen LogP contribution < -0.4 is 19.9 Å². The van der Waals surface area contributed by atoms with Crippen molar-refractivity contribution in [2.75, 3.05) is 9.80 Å². The summed E-state index contributed by atoms with van der Waals surface area (Å²) < 4.78 is 53.0. The molecule has 1 spiro atoms. The topological polar surface area (TPSA) is 108 Å². The first-order chi connectivity index (χ1) is 20.7. The normalized spacial score (nSPS) is 23.2. The first-order valence-corrected chi connectivity index (χ1v) is 15.1. The molecule has 1 saturated heterocycles. The highest BCUT2D eigenvalue weighted by Gasteiger charge is 2.64. The van der Waals surface area contributed by atoms with E-state index in [1.807, 2.05) is 48.5 Å². The quantitative estimate of drug-likeness (QED) is 0.357. The Morgan fingerprint density at radius 1 is 1.09 bits per heavy atom. The van der Waals surface area contributed by atoms with Gasteiger partial charge in [0.2, 0.25) is 0 Å². The van der Waals surface area contributed by atoms with Gasteiger partial charge in [0.25, 0.3) is 5.91 Å². The van der Waals surface area contributed by atoms with Gasteiger partial charge in [-0.15, -0.1) is 0 Å². The summed E-state index contributed by atoms with van der Waals surface area (Å²) in [6, 6.07) is 9.06. The Morgan fingerprint density at radius 3 is 2.18 bits per heavy atom.